The van der Waals surface area contributed by atoms with Crippen LogP contribution in [0.2, 0.25) is 0 Å². The van der Waals surface area contributed by atoms with Gasteiger partial charge in [0.2, 0.25) is 5.91 Å². The lowest BCUT2D eigenvalue weighted by molar-refractivity contribution is -0.157. The summed E-state index contributed by atoms with van der Waals surface area (Å²) in [7, 11) is 1.08. The number of aliphatic hydroxyl groups is 1. The van der Waals surface area contributed by atoms with Gasteiger partial charge in [-0.2, -0.15) is 13.2 Å². The molecule has 172 valence electrons. The maximum absolute atomic E-state index is 12.4. The lowest BCUT2D eigenvalue weighted by Crippen LogP contribution is -2.41. The van der Waals surface area contributed by atoms with Crippen molar-refractivity contribution >= 4 is 35.8 Å². The standard InChI is InChI=1S/C20H31F3N4O2.HI/c1-6-24-18(26-12-17(29)27(5)13-20(21,22)23)25-11-16(28)14-7-9-15(10-8-14)19(2,3)4;/h7-10,16,28H,6,11-13H2,1-5H3,(H2,24,25,26);1H. The fourth-order valence-corrected chi connectivity index (χ4v) is 2.48. The zero-order valence-electron chi connectivity index (χ0n) is 18.0. The topological polar surface area (TPSA) is 77.0 Å². The van der Waals surface area contributed by atoms with Crippen LogP contribution in [0.25, 0.3) is 0 Å². The van der Waals surface area contributed by atoms with Crippen LogP contribution in [0.15, 0.2) is 29.3 Å². The number of halogens is 4. The van der Waals surface area contributed by atoms with Crippen molar-refractivity contribution in [3.05, 3.63) is 35.4 Å². The van der Waals surface area contributed by atoms with Crippen LogP contribution >= 0.6 is 24.0 Å². The van der Waals surface area contributed by atoms with Gasteiger partial charge >= 0.3 is 6.18 Å². The molecule has 0 bridgehead atoms. The van der Waals surface area contributed by atoms with Gasteiger partial charge in [0, 0.05) is 20.1 Å². The van der Waals surface area contributed by atoms with E-state index in [1.807, 2.05) is 31.2 Å². The Morgan fingerprint density at radius 2 is 1.73 bits per heavy atom. The molecule has 0 saturated heterocycles. The van der Waals surface area contributed by atoms with Crippen LogP contribution in [0.1, 0.15) is 44.9 Å². The van der Waals surface area contributed by atoms with Crippen molar-refractivity contribution < 1.29 is 23.1 Å². The molecule has 0 aromatic heterocycles. The van der Waals surface area contributed by atoms with Gasteiger partial charge in [-0.1, -0.05) is 45.0 Å². The molecule has 0 fully saturated rings. The maximum Gasteiger partial charge on any atom is 0.406 e. The normalized spacial score (nSPS) is 13.3. The minimum Gasteiger partial charge on any atom is -0.387 e. The first-order valence-electron chi connectivity index (χ1n) is 9.45. The lowest BCUT2D eigenvalue weighted by atomic mass is 9.86. The zero-order valence-corrected chi connectivity index (χ0v) is 20.3. The number of aliphatic hydroxyl groups excluding tert-OH is 1. The third kappa shape index (κ3) is 10.5. The molecule has 1 atom stereocenters. The molecular weight excluding hydrogens is 512 g/mol. The SMILES string of the molecule is CCNC(=NCC(=O)N(C)CC(F)(F)F)NCC(O)c1ccc(C(C)(C)C)cc1.I. The predicted octanol–water partition coefficient (Wildman–Crippen LogP) is 3.21. The van der Waals surface area contributed by atoms with Gasteiger partial charge in [0.1, 0.15) is 13.1 Å². The molecule has 1 rings (SSSR count). The summed E-state index contributed by atoms with van der Waals surface area (Å²) in [6.45, 7) is 7.00. The highest BCUT2D eigenvalue weighted by Crippen LogP contribution is 2.23. The van der Waals surface area contributed by atoms with Crippen molar-refractivity contribution in [3.8, 4) is 0 Å². The number of alkyl halides is 3. The number of carbonyl (C=O) groups is 1. The molecule has 3 N–H and O–H groups in total. The van der Waals surface area contributed by atoms with Gasteiger partial charge in [0.05, 0.1) is 6.10 Å². The third-order valence-electron chi connectivity index (χ3n) is 4.18. The van der Waals surface area contributed by atoms with Crippen LogP contribution in [-0.2, 0) is 10.2 Å². The monoisotopic (exact) mass is 544 g/mol. The highest BCUT2D eigenvalue weighted by molar-refractivity contribution is 14.0. The van der Waals surface area contributed by atoms with E-state index in [1.165, 1.54) is 0 Å². The summed E-state index contributed by atoms with van der Waals surface area (Å²) in [5.41, 5.74) is 1.89. The second kappa shape index (κ2) is 12.3. The average Bonchev–Trinajstić information content (AvgIpc) is 2.61. The number of hydrogen-bond acceptors (Lipinski definition) is 3. The van der Waals surface area contributed by atoms with Crippen LogP contribution in [0.3, 0.4) is 0 Å². The van der Waals surface area contributed by atoms with Gasteiger partial charge in [0.15, 0.2) is 5.96 Å². The Hall–Kier alpha value is -1.56. The van der Waals surface area contributed by atoms with E-state index < -0.39 is 31.3 Å². The highest BCUT2D eigenvalue weighted by atomic mass is 127. The molecule has 1 unspecified atom stereocenters. The van der Waals surface area contributed by atoms with E-state index >= 15 is 0 Å². The Morgan fingerprint density at radius 1 is 1.17 bits per heavy atom. The largest absolute Gasteiger partial charge is 0.406 e. The summed E-state index contributed by atoms with van der Waals surface area (Å²) < 4.78 is 37.1. The van der Waals surface area contributed by atoms with Gasteiger partial charge in [-0.05, 0) is 23.5 Å². The van der Waals surface area contributed by atoms with Crippen LogP contribution in [0, 0.1) is 0 Å². The number of carbonyl (C=O) groups excluding carboxylic acids is 1. The number of aliphatic imine (C=N–C) groups is 1. The minimum absolute atomic E-state index is 0. The maximum atomic E-state index is 12.4. The molecule has 6 nitrogen and oxygen atoms in total. The third-order valence-corrected chi connectivity index (χ3v) is 4.18. The lowest BCUT2D eigenvalue weighted by Gasteiger charge is -2.21. The number of rotatable bonds is 7. The molecule has 1 amide bonds. The van der Waals surface area contributed by atoms with E-state index in [1.54, 1.807) is 0 Å². The quantitative estimate of drug-likeness (QED) is 0.280. The smallest absolute Gasteiger partial charge is 0.387 e. The first kappa shape index (κ1) is 28.4. The molecule has 10 heteroatoms. The highest BCUT2D eigenvalue weighted by Gasteiger charge is 2.31. The molecule has 0 aliphatic heterocycles. The number of amides is 1. The summed E-state index contributed by atoms with van der Waals surface area (Å²) in [4.78, 5) is 16.4. The summed E-state index contributed by atoms with van der Waals surface area (Å²) in [5.74, 6) is -0.510. The van der Waals surface area contributed by atoms with Crippen molar-refractivity contribution in [2.24, 2.45) is 4.99 Å². The Labute approximate surface area is 193 Å². The van der Waals surface area contributed by atoms with Crippen molar-refractivity contribution in [3.63, 3.8) is 0 Å². The number of nitrogens with one attached hydrogen (secondary N) is 2. The van der Waals surface area contributed by atoms with E-state index in [0.29, 0.717) is 11.4 Å². The summed E-state index contributed by atoms with van der Waals surface area (Å²) in [6.07, 6.45) is -5.26. The molecule has 0 spiro atoms. The Balaban J connectivity index is 0.00000841. The van der Waals surface area contributed by atoms with Crippen LogP contribution in [-0.4, -0.2) is 61.3 Å². The fraction of sp³-hybridized carbons (Fsp3) is 0.600. The van der Waals surface area contributed by atoms with Crippen LogP contribution in [0.4, 0.5) is 13.2 Å². The van der Waals surface area contributed by atoms with Crippen molar-refractivity contribution in [1.82, 2.24) is 15.5 Å². The second-order valence-electron chi connectivity index (χ2n) is 7.83. The van der Waals surface area contributed by atoms with Gasteiger partial charge in [0.25, 0.3) is 0 Å². The average molecular weight is 544 g/mol. The predicted molar refractivity (Wildman–Crippen MR) is 123 cm³/mol. The van der Waals surface area contributed by atoms with Gasteiger partial charge in [-0.25, -0.2) is 4.99 Å². The van der Waals surface area contributed by atoms with Crippen molar-refractivity contribution in [1.29, 1.82) is 0 Å². The molecule has 30 heavy (non-hydrogen) atoms. The van der Waals surface area contributed by atoms with E-state index in [0.717, 1.165) is 18.2 Å². The molecule has 1 aromatic rings. The Kier molecular flexibility index (Phi) is 11.7. The minimum atomic E-state index is -4.45. The number of hydrogen-bond donors (Lipinski definition) is 3. The van der Waals surface area contributed by atoms with Gasteiger partial charge in [-0.15, -0.1) is 24.0 Å². The molecule has 1 aromatic carbocycles. The first-order valence-corrected chi connectivity index (χ1v) is 9.45. The second-order valence-corrected chi connectivity index (χ2v) is 7.83. The van der Waals surface area contributed by atoms with E-state index in [2.05, 4.69) is 36.4 Å². The number of guanidine groups is 1. The van der Waals surface area contributed by atoms with Crippen LogP contribution < -0.4 is 10.6 Å². The summed E-state index contributed by atoms with van der Waals surface area (Å²) >= 11 is 0. The zero-order chi connectivity index (χ0) is 22.2. The van der Waals surface area contributed by atoms with Gasteiger partial charge < -0.3 is 20.6 Å². The Morgan fingerprint density at radius 3 is 2.20 bits per heavy atom. The van der Waals surface area contributed by atoms with Gasteiger partial charge in [-0.3, -0.25) is 4.79 Å². The molecule has 0 aliphatic rings. The van der Waals surface area contributed by atoms with E-state index in [4.69, 9.17) is 0 Å². The first-order chi connectivity index (χ1) is 13.3. The summed E-state index contributed by atoms with van der Waals surface area (Å²) in [5, 5.41) is 16.2. The van der Waals surface area contributed by atoms with Crippen molar-refractivity contribution in [2.75, 3.05) is 33.2 Å². The summed E-state index contributed by atoms with van der Waals surface area (Å²) in [6, 6.07) is 7.64. The fourth-order valence-electron chi connectivity index (χ4n) is 2.48. The number of nitrogens with zero attached hydrogens (tertiary/aromatic N) is 2. The molecule has 0 aliphatic carbocycles. The van der Waals surface area contributed by atoms with Crippen LogP contribution in [0.5, 0.6) is 0 Å². The Bertz CT molecular complexity index is 689. The molecular formula is C20H32F3IN4O2. The van der Waals surface area contributed by atoms with E-state index in [-0.39, 0.29) is 41.9 Å². The van der Waals surface area contributed by atoms with Crippen molar-refractivity contribution in [2.45, 2.75) is 45.4 Å². The number of likely N-dealkylation sites (N-methyl/N-ethyl adjacent to an activating group) is 1. The van der Waals surface area contributed by atoms with E-state index in [9.17, 15) is 23.1 Å². The molecule has 0 saturated carbocycles. The molecule has 0 heterocycles. The molecule has 0 radical (unpaired) electrons. The number of benzene rings is 1.